The predicted octanol–water partition coefficient (Wildman–Crippen LogP) is 5.62. The van der Waals surface area contributed by atoms with Crippen LogP contribution in [-0.2, 0) is 12.0 Å². The molecule has 164 valence electrons. The lowest BCUT2D eigenvalue weighted by Gasteiger charge is -2.34. The quantitative estimate of drug-likeness (QED) is 0.469. The molecule has 6 nitrogen and oxygen atoms in total. The van der Waals surface area contributed by atoms with Crippen LogP contribution in [-0.4, -0.2) is 28.3 Å². The molecule has 0 saturated heterocycles. The van der Waals surface area contributed by atoms with Gasteiger partial charge in [0.05, 0.1) is 27.2 Å². The van der Waals surface area contributed by atoms with Crippen LogP contribution in [0.1, 0.15) is 35.3 Å². The van der Waals surface area contributed by atoms with Gasteiger partial charge < -0.3 is 10.6 Å². The molecule has 0 saturated carbocycles. The summed E-state index contributed by atoms with van der Waals surface area (Å²) in [5, 5.41) is 8.33. The highest BCUT2D eigenvalue weighted by Crippen LogP contribution is 2.39. The number of hydrogen-bond acceptors (Lipinski definition) is 6. The minimum atomic E-state index is -0.220. The molecule has 1 aromatic heterocycles. The van der Waals surface area contributed by atoms with Gasteiger partial charge in [0.25, 0.3) is 5.91 Å². The first-order chi connectivity index (χ1) is 15.3. The zero-order valence-electron chi connectivity index (χ0n) is 17.6. The van der Waals surface area contributed by atoms with Crippen LogP contribution in [0.5, 0.6) is 0 Å². The first-order valence-corrected chi connectivity index (χ1v) is 12.0. The number of carbonyl (C=O) groups excluding carboxylic acids is 1. The summed E-state index contributed by atoms with van der Waals surface area (Å²) in [6, 6.07) is 11.5. The fraction of sp³-hybridized carbons (Fsp3) is 0.261. The topological polar surface area (TPSA) is 70.2 Å². The summed E-state index contributed by atoms with van der Waals surface area (Å²) in [7, 11) is 0. The second-order valence-electron chi connectivity index (χ2n) is 8.29. The van der Waals surface area contributed by atoms with E-state index in [0.717, 1.165) is 18.7 Å². The Kier molecular flexibility index (Phi) is 5.53. The van der Waals surface area contributed by atoms with Crippen molar-refractivity contribution in [2.45, 2.75) is 30.8 Å². The third-order valence-electron chi connectivity index (χ3n) is 5.77. The SMILES string of the molecule is CC1(C)NCCc2ccc(Nc3ncc4c(n3)SCN(c3c(Cl)cccc3Cl)C4=O)cc21. The van der Waals surface area contributed by atoms with Crippen LogP contribution in [0.3, 0.4) is 0 Å². The lowest BCUT2D eigenvalue weighted by Crippen LogP contribution is -2.42. The summed E-state index contributed by atoms with van der Waals surface area (Å²) >= 11 is 14.1. The fourth-order valence-corrected chi connectivity index (χ4v) is 5.66. The van der Waals surface area contributed by atoms with Crippen LogP contribution in [0.2, 0.25) is 10.0 Å². The summed E-state index contributed by atoms with van der Waals surface area (Å²) < 4.78 is 0. The van der Waals surface area contributed by atoms with Gasteiger partial charge in [-0.25, -0.2) is 9.97 Å². The van der Waals surface area contributed by atoms with Gasteiger partial charge >= 0.3 is 0 Å². The molecule has 1 amide bonds. The number of anilines is 3. The summed E-state index contributed by atoms with van der Waals surface area (Å²) in [6.45, 7) is 5.34. The molecule has 2 aliphatic rings. The second-order valence-corrected chi connectivity index (χ2v) is 10.0. The fourth-order valence-electron chi connectivity index (χ4n) is 4.11. The Labute approximate surface area is 200 Å². The Hall–Kier alpha value is -2.32. The normalized spacial score (nSPS) is 17.0. The van der Waals surface area contributed by atoms with Gasteiger partial charge in [0, 0.05) is 17.4 Å². The standard InChI is InChI=1S/C23H21Cl2N5OS/c1-23(2)16-10-14(7-6-13(16)8-9-27-23)28-22-26-11-15-20(29-22)32-12-30(21(15)31)19-17(24)4-3-5-18(19)25/h3-7,10-11,27H,8-9,12H2,1-2H3,(H,26,28,29). The first kappa shape index (κ1) is 21.5. The zero-order chi connectivity index (χ0) is 22.5. The Morgan fingerprint density at radius 2 is 1.97 bits per heavy atom. The van der Waals surface area contributed by atoms with Gasteiger partial charge in [0.1, 0.15) is 5.03 Å². The van der Waals surface area contributed by atoms with Gasteiger partial charge in [-0.15, -0.1) is 0 Å². The Balaban J connectivity index is 1.41. The van der Waals surface area contributed by atoms with E-state index in [9.17, 15) is 4.79 Å². The maximum Gasteiger partial charge on any atom is 0.263 e. The van der Waals surface area contributed by atoms with Crippen LogP contribution in [0.25, 0.3) is 0 Å². The van der Waals surface area contributed by atoms with Crippen molar-refractivity contribution >= 4 is 58.2 Å². The van der Waals surface area contributed by atoms with Crippen molar-refractivity contribution in [3.8, 4) is 0 Å². The Bertz CT molecular complexity index is 1210. The number of rotatable bonds is 3. The third kappa shape index (κ3) is 3.83. The van der Waals surface area contributed by atoms with Crippen LogP contribution in [0.15, 0.2) is 47.6 Å². The lowest BCUT2D eigenvalue weighted by atomic mass is 9.85. The number of amides is 1. The smallest absolute Gasteiger partial charge is 0.263 e. The largest absolute Gasteiger partial charge is 0.324 e. The molecular weight excluding hydrogens is 465 g/mol. The van der Waals surface area contributed by atoms with Gasteiger partial charge in [-0.2, -0.15) is 0 Å². The van der Waals surface area contributed by atoms with Crippen molar-refractivity contribution in [3.05, 3.63) is 69.3 Å². The van der Waals surface area contributed by atoms with Crippen LogP contribution in [0, 0.1) is 0 Å². The number of carbonyl (C=O) groups is 1. The highest BCUT2D eigenvalue weighted by molar-refractivity contribution is 7.99. The predicted molar refractivity (Wildman–Crippen MR) is 130 cm³/mol. The van der Waals surface area contributed by atoms with E-state index in [0.29, 0.717) is 38.1 Å². The summed E-state index contributed by atoms with van der Waals surface area (Å²) in [5.74, 6) is 0.599. The van der Waals surface area contributed by atoms with Gasteiger partial charge in [0.15, 0.2) is 0 Å². The second kappa shape index (κ2) is 8.23. The summed E-state index contributed by atoms with van der Waals surface area (Å²) in [5.41, 5.74) is 4.38. The van der Waals surface area contributed by atoms with E-state index in [-0.39, 0.29) is 11.4 Å². The molecule has 3 heterocycles. The van der Waals surface area contributed by atoms with E-state index in [1.54, 1.807) is 29.3 Å². The van der Waals surface area contributed by atoms with Crippen molar-refractivity contribution in [2.75, 3.05) is 22.6 Å². The molecule has 9 heteroatoms. The molecule has 0 unspecified atom stereocenters. The molecule has 3 aromatic rings. The van der Waals surface area contributed by atoms with Crippen molar-refractivity contribution in [2.24, 2.45) is 0 Å². The van der Waals surface area contributed by atoms with Gasteiger partial charge in [-0.05, 0) is 62.2 Å². The Morgan fingerprint density at radius 1 is 1.19 bits per heavy atom. The molecule has 0 spiro atoms. The number of benzene rings is 2. The van der Waals surface area contributed by atoms with E-state index in [1.807, 2.05) is 6.07 Å². The van der Waals surface area contributed by atoms with Crippen LogP contribution < -0.4 is 15.5 Å². The molecule has 0 atom stereocenters. The lowest BCUT2D eigenvalue weighted by molar-refractivity contribution is 0.0985. The van der Waals surface area contributed by atoms with Gasteiger partial charge in [-0.3, -0.25) is 9.69 Å². The maximum absolute atomic E-state index is 13.1. The molecular formula is C23H21Cl2N5OS. The summed E-state index contributed by atoms with van der Waals surface area (Å²) in [4.78, 5) is 23.7. The van der Waals surface area contributed by atoms with Crippen molar-refractivity contribution < 1.29 is 4.79 Å². The van der Waals surface area contributed by atoms with Crippen molar-refractivity contribution in [1.82, 2.24) is 15.3 Å². The first-order valence-electron chi connectivity index (χ1n) is 10.2. The molecule has 2 N–H and O–H groups in total. The maximum atomic E-state index is 13.1. The van der Waals surface area contributed by atoms with E-state index >= 15 is 0 Å². The minimum Gasteiger partial charge on any atom is -0.324 e. The van der Waals surface area contributed by atoms with E-state index < -0.39 is 0 Å². The molecule has 2 aromatic carbocycles. The Morgan fingerprint density at radius 3 is 2.75 bits per heavy atom. The minimum absolute atomic E-state index is 0.0896. The number of aromatic nitrogens is 2. The van der Waals surface area contributed by atoms with Gasteiger partial charge in [-0.1, -0.05) is 47.1 Å². The van der Waals surface area contributed by atoms with Gasteiger partial charge in [0.2, 0.25) is 5.95 Å². The number of nitrogens with zero attached hydrogens (tertiary/aromatic N) is 3. The number of nitrogens with one attached hydrogen (secondary N) is 2. The molecule has 0 fully saturated rings. The molecule has 0 aliphatic carbocycles. The van der Waals surface area contributed by atoms with Crippen molar-refractivity contribution in [1.29, 1.82) is 0 Å². The number of halogens is 2. The zero-order valence-corrected chi connectivity index (χ0v) is 19.9. The number of para-hydroxylation sites is 1. The number of thioether (sulfide) groups is 1. The van der Waals surface area contributed by atoms with E-state index in [4.69, 9.17) is 23.2 Å². The molecule has 0 bridgehead atoms. The number of hydrogen-bond donors (Lipinski definition) is 2. The average molecular weight is 486 g/mol. The molecule has 0 radical (unpaired) electrons. The monoisotopic (exact) mass is 485 g/mol. The highest BCUT2D eigenvalue weighted by atomic mass is 35.5. The molecule has 2 aliphatic heterocycles. The average Bonchev–Trinajstić information content (AvgIpc) is 2.75. The van der Waals surface area contributed by atoms with E-state index in [1.165, 1.54) is 22.9 Å². The molecule has 5 rings (SSSR count). The summed E-state index contributed by atoms with van der Waals surface area (Å²) in [6.07, 6.45) is 2.57. The molecule has 32 heavy (non-hydrogen) atoms. The van der Waals surface area contributed by atoms with Crippen molar-refractivity contribution in [3.63, 3.8) is 0 Å². The number of fused-ring (bicyclic) bond motifs is 2. The van der Waals surface area contributed by atoms with E-state index in [2.05, 4.69) is 46.6 Å². The third-order valence-corrected chi connectivity index (χ3v) is 7.35. The van der Waals surface area contributed by atoms with Crippen LogP contribution >= 0.6 is 35.0 Å². The highest BCUT2D eigenvalue weighted by Gasteiger charge is 2.31. The van der Waals surface area contributed by atoms with Crippen LogP contribution in [0.4, 0.5) is 17.3 Å².